The molecule has 1 aliphatic rings. The van der Waals surface area contributed by atoms with Crippen LogP contribution < -0.4 is 10.1 Å². The highest BCUT2D eigenvalue weighted by molar-refractivity contribution is 6.00. The minimum absolute atomic E-state index is 0.0234. The van der Waals surface area contributed by atoms with Gasteiger partial charge in [0.1, 0.15) is 23.8 Å². The van der Waals surface area contributed by atoms with E-state index in [1.807, 2.05) is 0 Å². The minimum Gasteiger partial charge on any atom is -0.494 e. The van der Waals surface area contributed by atoms with Crippen molar-refractivity contribution in [1.82, 2.24) is 5.32 Å². The maximum Gasteiger partial charge on any atom is 0.306 e. The van der Waals surface area contributed by atoms with Gasteiger partial charge in [-0.1, -0.05) is 18.2 Å². The van der Waals surface area contributed by atoms with E-state index < -0.39 is 28.8 Å². The lowest BCUT2D eigenvalue weighted by Gasteiger charge is -2.24. The standard InChI is InChI=1S/C27H33FN2O6/c1-26(2,3)36-23(32)13-14-27(25(33)29-17-20-7-4-5-8-22(20)28)18-35-24(30-27)19-9-11-21(12-10-19)34-16-6-15-31/h4-5,7-12,31H,6,13-18H2,1-3H3,(H,29,33)/t27-/m1/s1. The van der Waals surface area contributed by atoms with Gasteiger partial charge in [-0.3, -0.25) is 9.59 Å². The molecule has 0 bridgehead atoms. The molecule has 1 heterocycles. The summed E-state index contributed by atoms with van der Waals surface area (Å²) in [5.74, 6) is -0.439. The maximum atomic E-state index is 14.1. The van der Waals surface area contributed by atoms with Gasteiger partial charge in [0.25, 0.3) is 5.91 Å². The third-order valence-electron chi connectivity index (χ3n) is 5.42. The number of benzene rings is 2. The highest BCUT2D eigenvalue weighted by atomic mass is 19.1. The Balaban J connectivity index is 1.77. The van der Waals surface area contributed by atoms with E-state index in [9.17, 15) is 14.0 Å². The molecule has 2 aromatic carbocycles. The summed E-state index contributed by atoms with van der Waals surface area (Å²) in [4.78, 5) is 30.3. The van der Waals surface area contributed by atoms with Gasteiger partial charge in [0.2, 0.25) is 5.90 Å². The number of nitrogens with zero attached hydrogens (tertiary/aromatic N) is 1. The van der Waals surface area contributed by atoms with E-state index in [1.165, 1.54) is 6.07 Å². The van der Waals surface area contributed by atoms with Crippen LogP contribution in [0.1, 0.15) is 51.2 Å². The summed E-state index contributed by atoms with van der Waals surface area (Å²) in [6, 6.07) is 13.2. The summed E-state index contributed by atoms with van der Waals surface area (Å²) in [6.07, 6.45) is 0.554. The predicted octanol–water partition coefficient (Wildman–Crippen LogP) is 3.54. The lowest BCUT2D eigenvalue weighted by molar-refractivity contribution is -0.155. The fourth-order valence-corrected chi connectivity index (χ4v) is 3.58. The Labute approximate surface area is 210 Å². The van der Waals surface area contributed by atoms with E-state index in [2.05, 4.69) is 10.3 Å². The Morgan fingerprint density at radius 2 is 1.89 bits per heavy atom. The number of carbonyl (C=O) groups excluding carboxylic acids is 2. The predicted molar refractivity (Wildman–Crippen MR) is 132 cm³/mol. The van der Waals surface area contributed by atoms with Crippen molar-refractivity contribution in [2.24, 2.45) is 4.99 Å². The van der Waals surface area contributed by atoms with Crippen molar-refractivity contribution in [1.29, 1.82) is 0 Å². The summed E-state index contributed by atoms with van der Waals surface area (Å²) >= 11 is 0. The number of halogens is 1. The lowest BCUT2D eigenvalue weighted by atomic mass is 9.94. The molecule has 8 nitrogen and oxygen atoms in total. The number of carbonyl (C=O) groups is 2. The van der Waals surface area contributed by atoms with Crippen molar-refractivity contribution < 1.29 is 33.3 Å². The van der Waals surface area contributed by atoms with E-state index in [4.69, 9.17) is 19.3 Å². The summed E-state index contributed by atoms with van der Waals surface area (Å²) < 4.78 is 30.8. The van der Waals surface area contributed by atoms with Gasteiger partial charge in [-0.25, -0.2) is 9.38 Å². The highest BCUT2D eigenvalue weighted by Crippen LogP contribution is 2.29. The molecule has 2 N–H and O–H groups in total. The van der Waals surface area contributed by atoms with Crippen LogP contribution in [0.2, 0.25) is 0 Å². The van der Waals surface area contributed by atoms with Crippen molar-refractivity contribution in [3.8, 4) is 5.75 Å². The van der Waals surface area contributed by atoms with Gasteiger partial charge in [0.15, 0.2) is 5.54 Å². The molecular formula is C27H33FN2O6. The molecule has 1 atom stereocenters. The SMILES string of the molecule is CC(C)(C)OC(=O)CC[C@]1(C(=O)NCc2ccccc2F)COC(c2ccc(OCCCO)cc2)=N1. The second-order valence-electron chi connectivity index (χ2n) is 9.55. The second kappa shape index (κ2) is 12.0. The topological polar surface area (TPSA) is 106 Å². The Kier molecular flexibility index (Phi) is 9.03. The third kappa shape index (κ3) is 7.52. The van der Waals surface area contributed by atoms with Gasteiger partial charge < -0.3 is 24.6 Å². The minimum atomic E-state index is -1.37. The third-order valence-corrected chi connectivity index (χ3v) is 5.42. The summed E-state index contributed by atoms with van der Waals surface area (Å²) in [5, 5.41) is 11.6. The van der Waals surface area contributed by atoms with Gasteiger partial charge in [-0.2, -0.15) is 0 Å². The molecule has 3 rings (SSSR count). The first-order chi connectivity index (χ1) is 17.1. The second-order valence-corrected chi connectivity index (χ2v) is 9.55. The first-order valence-electron chi connectivity index (χ1n) is 11.9. The van der Waals surface area contributed by atoms with E-state index in [0.29, 0.717) is 29.9 Å². The van der Waals surface area contributed by atoms with Gasteiger partial charge in [0, 0.05) is 37.1 Å². The monoisotopic (exact) mass is 500 g/mol. The summed E-state index contributed by atoms with van der Waals surface area (Å²) in [6.45, 7) is 5.67. The Hall–Kier alpha value is -3.46. The molecule has 9 heteroatoms. The zero-order valence-corrected chi connectivity index (χ0v) is 20.9. The molecule has 194 valence electrons. The molecule has 0 radical (unpaired) electrons. The molecule has 36 heavy (non-hydrogen) atoms. The van der Waals surface area contributed by atoms with Gasteiger partial charge in [0.05, 0.1) is 6.61 Å². The molecule has 0 unspecified atom stereocenters. The average molecular weight is 501 g/mol. The van der Waals surface area contributed by atoms with Crippen LogP contribution in [0.4, 0.5) is 4.39 Å². The van der Waals surface area contributed by atoms with Gasteiger partial charge in [-0.05, 0) is 57.5 Å². The van der Waals surface area contributed by atoms with Gasteiger partial charge in [-0.15, -0.1) is 0 Å². The van der Waals surface area contributed by atoms with Crippen molar-refractivity contribution in [3.63, 3.8) is 0 Å². The first-order valence-corrected chi connectivity index (χ1v) is 11.9. The van der Waals surface area contributed by atoms with E-state index >= 15 is 0 Å². The zero-order valence-electron chi connectivity index (χ0n) is 20.9. The van der Waals surface area contributed by atoms with Crippen LogP contribution in [-0.2, 0) is 25.6 Å². The molecule has 0 aromatic heterocycles. The number of aliphatic hydroxyl groups is 1. The van der Waals surface area contributed by atoms with E-state index in [1.54, 1.807) is 63.2 Å². The van der Waals surface area contributed by atoms with Crippen molar-refractivity contribution in [2.75, 3.05) is 19.8 Å². The quantitative estimate of drug-likeness (QED) is 0.361. The average Bonchev–Trinajstić information content (AvgIpc) is 3.27. The number of hydrogen-bond donors (Lipinski definition) is 2. The van der Waals surface area contributed by atoms with Crippen molar-refractivity contribution in [2.45, 2.75) is 57.7 Å². The highest BCUT2D eigenvalue weighted by Gasteiger charge is 2.44. The van der Waals surface area contributed by atoms with Crippen molar-refractivity contribution >= 4 is 17.8 Å². The number of esters is 1. The molecule has 0 spiro atoms. The fourth-order valence-electron chi connectivity index (χ4n) is 3.58. The van der Waals surface area contributed by atoms with Crippen LogP contribution in [0.25, 0.3) is 0 Å². The molecule has 1 aliphatic heterocycles. The largest absolute Gasteiger partial charge is 0.494 e. The number of amides is 1. The molecule has 0 fully saturated rings. The molecule has 0 saturated carbocycles. The number of aliphatic hydroxyl groups excluding tert-OH is 1. The molecule has 0 aliphatic carbocycles. The van der Waals surface area contributed by atoms with Crippen LogP contribution in [-0.4, -0.2) is 53.8 Å². The Bertz CT molecular complexity index is 1080. The number of aliphatic imine (C=N–C) groups is 1. The normalized spacial score (nSPS) is 17.2. The maximum absolute atomic E-state index is 14.1. The number of hydrogen-bond acceptors (Lipinski definition) is 7. The summed E-state index contributed by atoms with van der Waals surface area (Å²) in [7, 11) is 0. The molecule has 1 amide bonds. The van der Waals surface area contributed by atoms with Crippen LogP contribution in [0.5, 0.6) is 5.75 Å². The van der Waals surface area contributed by atoms with E-state index in [0.717, 1.165) is 0 Å². The van der Waals surface area contributed by atoms with Gasteiger partial charge >= 0.3 is 5.97 Å². The van der Waals surface area contributed by atoms with Crippen LogP contribution in [0.15, 0.2) is 53.5 Å². The van der Waals surface area contributed by atoms with Crippen LogP contribution >= 0.6 is 0 Å². The Morgan fingerprint density at radius 1 is 1.17 bits per heavy atom. The molecular weight excluding hydrogens is 467 g/mol. The lowest BCUT2D eigenvalue weighted by Crippen LogP contribution is -2.47. The molecule has 2 aromatic rings. The van der Waals surface area contributed by atoms with E-state index in [-0.39, 0.29) is 38.5 Å². The Morgan fingerprint density at radius 3 is 2.56 bits per heavy atom. The first kappa shape index (κ1) is 27.1. The van der Waals surface area contributed by atoms with Crippen LogP contribution in [0, 0.1) is 5.82 Å². The number of nitrogens with one attached hydrogen (secondary N) is 1. The number of rotatable bonds is 11. The smallest absolute Gasteiger partial charge is 0.306 e. The summed E-state index contributed by atoms with van der Waals surface area (Å²) in [5.41, 5.74) is -1.04. The van der Waals surface area contributed by atoms with Crippen molar-refractivity contribution in [3.05, 3.63) is 65.5 Å². The fraction of sp³-hybridized carbons (Fsp3) is 0.444. The zero-order chi connectivity index (χ0) is 26.2. The van der Waals surface area contributed by atoms with Crippen LogP contribution in [0.3, 0.4) is 0 Å². The number of ether oxygens (including phenoxy) is 3. The molecule has 0 saturated heterocycles.